The Hall–Kier alpha value is -3.66. The summed E-state index contributed by atoms with van der Waals surface area (Å²) in [7, 11) is 0. The number of hydrogen-bond acceptors (Lipinski definition) is 3. The Kier molecular flexibility index (Phi) is 8.38. The van der Waals surface area contributed by atoms with Crippen LogP contribution in [0.5, 0.6) is 11.5 Å². The molecule has 0 atom stereocenters. The Morgan fingerprint density at radius 1 is 0.812 bits per heavy atom. The summed E-state index contributed by atoms with van der Waals surface area (Å²) in [5.41, 5.74) is 3.18. The molecular formula is C28H27FO3. The molecule has 0 aliphatic heterocycles. The molecule has 0 aliphatic carbocycles. The molecule has 3 nitrogen and oxygen atoms in total. The van der Waals surface area contributed by atoms with Gasteiger partial charge in [0, 0.05) is 6.07 Å². The third kappa shape index (κ3) is 6.67. The first-order valence-electron chi connectivity index (χ1n) is 10.6. The Balaban J connectivity index is 1.52. The highest BCUT2D eigenvalue weighted by molar-refractivity contribution is 5.91. The van der Waals surface area contributed by atoms with E-state index >= 15 is 0 Å². The van der Waals surface area contributed by atoms with Crippen LogP contribution < -0.4 is 9.47 Å². The van der Waals surface area contributed by atoms with Gasteiger partial charge in [-0.3, -0.25) is 0 Å². The average Bonchev–Trinajstić information content (AvgIpc) is 2.82. The van der Waals surface area contributed by atoms with Crippen LogP contribution in [0.2, 0.25) is 0 Å². The van der Waals surface area contributed by atoms with Crippen LogP contribution in [0.4, 0.5) is 4.39 Å². The van der Waals surface area contributed by atoms with Gasteiger partial charge in [-0.15, -0.1) is 13.2 Å². The quantitative estimate of drug-likeness (QED) is 0.189. The van der Waals surface area contributed by atoms with E-state index in [2.05, 4.69) is 13.2 Å². The summed E-state index contributed by atoms with van der Waals surface area (Å²) in [4.78, 5) is 12.4. The second-order valence-corrected chi connectivity index (χ2v) is 7.43. The molecule has 164 valence electrons. The highest BCUT2D eigenvalue weighted by atomic mass is 19.1. The zero-order valence-electron chi connectivity index (χ0n) is 18.1. The second-order valence-electron chi connectivity index (χ2n) is 7.43. The molecule has 0 fully saturated rings. The van der Waals surface area contributed by atoms with E-state index in [1.807, 2.05) is 30.3 Å². The van der Waals surface area contributed by atoms with Crippen LogP contribution in [0.3, 0.4) is 0 Å². The molecule has 32 heavy (non-hydrogen) atoms. The molecule has 4 heteroatoms. The van der Waals surface area contributed by atoms with E-state index < -0.39 is 5.97 Å². The van der Waals surface area contributed by atoms with Gasteiger partial charge in [0.1, 0.15) is 23.9 Å². The largest absolute Gasteiger partial charge is 0.489 e. The minimum Gasteiger partial charge on any atom is -0.489 e. The minimum absolute atomic E-state index is 0.277. The topological polar surface area (TPSA) is 35.5 Å². The van der Waals surface area contributed by atoms with Gasteiger partial charge in [0.2, 0.25) is 0 Å². The number of esters is 1. The molecule has 0 N–H and O–H groups in total. The van der Waals surface area contributed by atoms with Crippen LogP contribution in [0.1, 0.15) is 39.9 Å². The summed E-state index contributed by atoms with van der Waals surface area (Å²) in [5.74, 6) is 0.237. The van der Waals surface area contributed by atoms with Crippen LogP contribution in [0.15, 0.2) is 92.0 Å². The maximum atomic E-state index is 14.1. The van der Waals surface area contributed by atoms with Gasteiger partial charge >= 0.3 is 5.97 Å². The third-order valence-corrected chi connectivity index (χ3v) is 5.01. The fourth-order valence-corrected chi connectivity index (χ4v) is 3.14. The van der Waals surface area contributed by atoms with Crippen molar-refractivity contribution < 1.29 is 18.7 Å². The normalized spacial score (nSPS) is 10.4. The summed E-state index contributed by atoms with van der Waals surface area (Å²) in [6.07, 6.45) is 6.79. The number of aryl methyl sites for hydroxylation is 2. The highest BCUT2D eigenvalue weighted by Gasteiger charge is 2.09. The predicted molar refractivity (Wildman–Crippen MR) is 126 cm³/mol. The molecule has 0 unspecified atom stereocenters. The van der Waals surface area contributed by atoms with E-state index in [9.17, 15) is 9.18 Å². The number of carbonyl (C=O) groups is 1. The van der Waals surface area contributed by atoms with Crippen LogP contribution in [0, 0.1) is 5.82 Å². The van der Waals surface area contributed by atoms with E-state index in [1.54, 1.807) is 42.5 Å². The van der Waals surface area contributed by atoms with Crippen molar-refractivity contribution in [2.75, 3.05) is 0 Å². The number of allylic oxidation sites excluding steroid dienone is 2. The van der Waals surface area contributed by atoms with E-state index in [1.165, 1.54) is 6.07 Å². The monoisotopic (exact) mass is 430 g/mol. The van der Waals surface area contributed by atoms with Gasteiger partial charge in [-0.1, -0.05) is 42.5 Å². The van der Waals surface area contributed by atoms with Gasteiger partial charge in [-0.05, 0) is 72.7 Å². The van der Waals surface area contributed by atoms with Crippen molar-refractivity contribution in [2.45, 2.75) is 32.3 Å². The smallest absolute Gasteiger partial charge is 0.343 e. The van der Waals surface area contributed by atoms with Gasteiger partial charge in [-0.2, -0.15) is 0 Å². The molecule has 3 rings (SSSR count). The van der Waals surface area contributed by atoms with Crippen LogP contribution in [-0.2, 0) is 19.4 Å². The summed E-state index contributed by atoms with van der Waals surface area (Å²) in [5, 5.41) is 0. The number of rotatable bonds is 11. The summed E-state index contributed by atoms with van der Waals surface area (Å²) >= 11 is 0. The first-order chi connectivity index (χ1) is 15.6. The molecule has 0 saturated carbocycles. The Labute approximate surface area is 188 Å². The van der Waals surface area contributed by atoms with Gasteiger partial charge in [-0.25, -0.2) is 9.18 Å². The Bertz CT molecular complexity index is 1050. The highest BCUT2D eigenvalue weighted by Crippen LogP contribution is 2.20. The Morgan fingerprint density at radius 3 is 2.09 bits per heavy atom. The molecule has 0 radical (unpaired) electrons. The molecule has 0 aliphatic rings. The zero-order chi connectivity index (χ0) is 22.8. The first-order valence-corrected chi connectivity index (χ1v) is 10.6. The SMILES string of the molecule is C=CCCc1ccc(C(=O)Oc2ccc(COc3ccc(CCC=C)c(F)c3)cc2)cc1. The molecule has 0 bridgehead atoms. The summed E-state index contributed by atoms with van der Waals surface area (Å²) in [6, 6.07) is 19.4. The summed E-state index contributed by atoms with van der Waals surface area (Å²) in [6.45, 7) is 7.66. The van der Waals surface area contributed by atoms with Crippen molar-refractivity contribution in [3.05, 3.63) is 120 Å². The van der Waals surface area contributed by atoms with E-state index in [0.717, 1.165) is 30.4 Å². The molecule has 0 spiro atoms. The predicted octanol–water partition coefficient (Wildman–Crippen LogP) is 6.86. The Morgan fingerprint density at radius 2 is 1.44 bits per heavy atom. The number of benzene rings is 3. The van der Waals surface area contributed by atoms with Gasteiger partial charge < -0.3 is 9.47 Å². The lowest BCUT2D eigenvalue weighted by atomic mass is 10.1. The first kappa shape index (κ1) is 23.0. The van der Waals surface area contributed by atoms with Crippen molar-refractivity contribution in [1.29, 1.82) is 0 Å². The lowest BCUT2D eigenvalue weighted by Gasteiger charge is -2.09. The van der Waals surface area contributed by atoms with Gasteiger partial charge in [0.25, 0.3) is 0 Å². The maximum absolute atomic E-state index is 14.1. The van der Waals surface area contributed by atoms with E-state index in [4.69, 9.17) is 9.47 Å². The number of ether oxygens (including phenoxy) is 2. The molecule has 3 aromatic carbocycles. The maximum Gasteiger partial charge on any atom is 0.343 e. The van der Waals surface area contributed by atoms with Crippen molar-refractivity contribution >= 4 is 5.97 Å². The van der Waals surface area contributed by atoms with Crippen molar-refractivity contribution in [3.63, 3.8) is 0 Å². The lowest BCUT2D eigenvalue weighted by Crippen LogP contribution is -2.08. The van der Waals surface area contributed by atoms with Crippen LogP contribution in [0.25, 0.3) is 0 Å². The molecule has 0 amide bonds. The number of halogens is 1. The fraction of sp³-hybridized carbons (Fsp3) is 0.179. The average molecular weight is 431 g/mol. The molecule has 0 aromatic heterocycles. The second kappa shape index (κ2) is 11.7. The van der Waals surface area contributed by atoms with Gasteiger partial charge in [0.15, 0.2) is 0 Å². The van der Waals surface area contributed by atoms with E-state index in [-0.39, 0.29) is 12.4 Å². The summed E-state index contributed by atoms with van der Waals surface area (Å²) < 4.78 is 25.3. The lowest BCUT2D eigenvalue weighted by molar-refractivity contribution is 0.0734. The minimum atomic E-state index is -0.406. The molecule has 3 aromatic rings. The van der Waals surface area contributed by atoms with Crippen LogP contribution >= 0.6 is 0 Å². The standard InChI is InChI=1S/C28H27FO3/c1-3-5-7-21-9-13-24(14-10-21)28(30)32-25-16-11-22(12-17-25)20-31-26-18-15-23(8-6-4-2)27(29)19-26/h3-4,9-19H,1-2,5-8,20H2. The molecule has 0 heterocycles. The van der Waals surface area contributed by atoms with Crippen molar-refractivity contribution in [2.24, 2.45) is 0 Å². The zero-order valence-corrected chi connectivity index (χ0v) is 18.1. The van der Waals surface area contributed by atoms with Crippen molar-refractivity contribution in [1.82, 2.24) is 0 Å². The van der Waals surface area contributed by atoms with Crippen molar-refractivity contribution in [3.8, 4) is 11.5 Å². The fourth-order valence-electron chi connectivity index (χ4n) is 3.14. The molecule has 0 saturated heterocycles. The third-order valence-electron chi connectivity index (χ3n) is 5.01. The number of hydrogen-bond donors (Lipinski definition) is 0. The number of carbonyl (C=O) groups excluding carboxylic acids is 1. The van der Waals surface area contributed by atoms with Crippen LogP contribution in [-0.4, -0.2) is 5.97 Å². The van der Waals surface area contributed by atoms with E-state index in [0.29, 0.717) is 29.0 Å². The van der Waals surface area contributed by atoms with Gasteiger partial charge in [0.05, 0.1) is 5.56 Å². The molecular weight excluding hydrogens is 403 g/mol.